The summed E-state index contributed by atoms with van der Waals surface area (Å²) < 4.78 is 5.20. The lowest BCUT2D eigenvalue weighted by Gasteiger charge is -2.20. The minimum atomic E-state index is -0.241. The van der Waals surface area contributed by atoms with Crippen molar-refractivity contribution in [1.29, 1.82) is 0 Å². The fraction of sp³-hybridized carbons (Fsp3) is 0.385. The van der Waals surface area contributed by atoms with Gasteiger partial charge in [0.15, 0.2) is 5.82 Å². The van der Waals surface area contributed by atoms with Crippen molar-refractivity contribution in [2.24, 2.45) is 0 Å². The van der Waals surface area contributed by atoms with Crippen LogP contribution in [0.4, 0.5) is 0 Å². The van der Waals surface area contributed by atoms with Gasteiger partial charge < -0.3 is 9.42 Å². The highest BCUT2D eigenvalue weighted by molar-refractivity contribution is 5.97. The second kappa shape index (κ2) is 4.46. The summed E-state index contributed by atoms with van der Waals surface area (Å²) in [6.07, 6.45) is 2.41. The van der Waals surface area contributed by atoms with Crippen LogP contribution in [0.3, 0.4) is 0 Å². The average molecular weight is 258 g/mol. The normalized spacial score (nSPS) is 15.7. The highest BCUT2D eigenvalue weighted by atomic mass is 16.5. The second-order valence-electron chi connectivity index (χ2n) is 4.51. The van der Waals surface area contributed by atoms with Gasteiger partial charge in [-0.2, -0.15) is 4.98 Å². The third kappa shape index (κ3) is 1.89. The van der Waals surface area contributed by atoms with Crippen LogP contribution >= 0.6 is 0 Å². The second-order valence-corrected chi connectivity index (χ2v) is 4.51. The highest BCUT2D eigenvalue weighted by Crippen LogP contribution is 2.29. The number of carbonyl (C=O) groups is 1. The predicted octanol–water partition coefficient (Wildman–Crippen LogP) is 1.74. The van der Waals surface area contributed by atoms with E-state index in [1.807, 2.05) is 13.8 Å². The summed E-state index contributed by atoms with van der Waals surface area (Å²) in [5.74, 6) is 1.09. The van der Waals surface area contributed by atoms with Crippen molar-refractivity contribution in [3.8, 4) is 0 Å². The number of fused-ring (bicyclic) bond motifs is 1. The first-order valence-electron chi connectivity index (χ1n) is 6.28. The lowest BCUT2D eigenvalue weighted by Crippen LogP contribution is -2.27. The summed E-state index contributed by atoms with van der Waals surface area (Å²) in [5, 5.41) is 3.86. The van der Waals surface area contributed by atoms with Crippen molar-refractivity contribution in [1.82, 2.24) is 20.0 Å². The molecule has 1 aliphatic rings. The van der Waals surface area contributed by atoms with E-state index >= 15 is 0 Å². The summed E-state index contributed by atoms with van der Waals surface area (Å²) in [6, 6.07) is 3.32. The molecule has 0 aliphatic carbocycles. The molecule has 1 aliphatic heterocycles. The topological polar surface area (TPSA) is 72.1 Å². The maximum Gasteiger partial charge on any atom is 0.256 e. The van der Waals surface area contributed by atoms with Gasteiger partial charge in [-0.1, -0.05) is 12.1 Å². The first-order valence-corrected chi connectivity index (χ1v) is 6.28. The molecule has 0 radical (unpaired) electrons. The molecular formula is C13H14N4O2. The number of hydrogen-bond acceptors (Lipinski definition) is 5. The monoisotopic (exact) mass is 258 g/mol. The molecule has 1 amide bonds. The highest BCUT2D eigenvalue weighted by Gasteiger charge is 2.34. The van der Waals surface area contributed by atoms with Crippen molar-refractivity contribution in [3.05, 3.63) is 41.3 Å². The van der Waals surface area contributed by atoms with E-state index in [9.17, 15) is 4.79 Å². The SMILES string of the molecule is CCc1noc([C@@H](C)N2Cc3ncccc3C2=O)n1. The number of pyridine rings is 1. The molecule has 6 nitrogen and oxygen atoms in total. The molecule has 0 aromatic carbocycles. The molecule has 3 rings (SSSR count). The van der Waals surface area contributed by atoms with Gasteiger partial charge in [0.05, 0.1) is 17.8 Å². The molecule has 3 heterocycles. The van der Waals surface area contributed by atoms with Gasteiger partial charge in [0.25, 0.3) is 5.91 Å². The van der Waals surface area contributed by atoms with Gasteiger partial charge in [-0.25, -0.2) is 0 Å². The molecule has 2 aromatic heterocycles. The Morgan fingerprint density at radius 1 is 1.53 bits per heavy atom. The van der Waals surface area contributed by atoms with E-state index in [-0.39, 0.29) is 11.9 Å². The Labute approximate surface area is 110 Å². The third-order valence-electron chi connectivity index (χ3n) is 3.33. The van der Waals surface area contributed by atoms with Gasteiger partial charge in [0, 0.05) is 12.6 Å². The molecule has 2 aromatic rings. The van der Waals surface area contributed by atoms with Crippen LogP contribution in [0, 0.1) is 0 Å². The lowest BCUT2D eigenvalue weighted by atomic mass is 10.2. The zero-order valence-corrected chi connectivity index (χ0v) is 10.8. The van der Waals surface area contributed by atoms with Crippen molar-refractivity contribution in [2.45, 2.75) is 32.9 Å². The number of hydrogen-bond donors (Lipinski definition) is 0. The summed E-state index contributed by atoms with van der Waals surface area (Å²) >= 11 is 0. The first-order chi connectivity index (χ1) is 9.20. The fourth-order valence-corrected chi connectivity index (χ4v) is 2.17. The zero-order valence-electron chi connectivity index (χ0n) is 10.8. The lowest BCUT2D eigenvalue weighted by molar-refractivity contribution is 0.0683. The van der Waals surface area contributed by atoms with Crippen LogP contribution in [0.1, 0.15) is 47.7 Å². The number of amides is 1. The van der Waals surface area contributed by atoms with E-state index in [0.29, 0.717) is 30.2 Å². The fourth-order valence-electron chi connectivity index (χ4n) is 2.17. The molecule has 0 N–H and O–H groups in total. The molecule has 0 fully saturated rings. The van der Waals surface area contributed by atoms with Crippen molar-refractivity contribution < 1.29 is 9.32 Å². The molecule has 98 valence electrons. The van der Waals surface area contributed by atoms with Crippen LogP contribution in [-0.4, -0.2) is 25.9 Å². The third-order valence-corrected chi connectivity index (χ3v) is 3.33. The summed E-state index contributed by atoms with van der Waals surface area (Å²) in [4.78, 5) is 22.5. The first kappa shape index (κ1) is 11.8. The molecular weight excluding hydrogens is 244 g/mol. The Kier molecular flexibility index (Phi) is 2.77. The van der Waals surface area contributed by atoms with Gasteiger partial charge in [-0.05, 0) is 19.1 Å². The Morgan fingerprint density at radius 2 is 2.37 bits per heavy atom. The summed E-state index contributed by atoms with van der Waals surface area (Å²) in [6.45, 7) is 4.33. The van der Waals surface area contributed by atoms with Crippen LogP contribution in [0.2, 0.25) is 0 Å². The molecule has 6 heteroatoms. The molecule has 0 unspecified atom stereocenters. The van der Waals surface area contributed by atoms with Gasteiger partial charge >= 0.3 is 0 Å². The maximum absolute atomic E-state index is 12.3. The maximum atomic E-state index is 12.3. The number of aryl methyl sites for hydroxylation is 1. The predicted molar refractivity (Wildman–Crippen MR) is 66.2 cm³/mol. The van der Waals surface area contributed by atoms with E-state index in [4.69, 9.17) is 4.52 Å². The van der Waals surface area contributed by atoms with Gasteiger partial charge in [0.1, 0.15) is 6.04 Å². The van der Waals surface area contributed by atoms with Crippen molar-refractivity contribution in [3.63, 3.8) is 0 Å². The van der Waals surface area contributed by atoms with Gasteiger partial charge in [-0.15, -0.1) is 0 Å². The van der Waals surface area contributed by atoms with E-state index < -0.39 is 0 Å². The van der Waals surface area contributed by atoms with Crippen molar-refractivity contribution >= 4 is 5.91 Å². The Bertz CT molecular complexity index is 623. The minimum Gasteiger partial charge on any atom is -0.337 e. The number of carbonyl (C=O) groups excluding carboxylic acids is 1. The van der Waals surface area contributed by atoms with Crippen LogP contribution in [0.15, 0.2) is 22.9 Å². The molecule has 0 saturated heterocycles. The Balaban J connectivity index is 1.87. The Morgan fingerprint density at radius 3 is 3.05 bits per heavy atom. The van der Waals surface area contributed by atoms with Gasteiger partial charge in [0.2, 0.25) is 5.89 Å². The summed E-state index contributed by atoms with van der Waals surface area (Å²) in [7, 11) is 0. The number of aromatic nitrogens is 3. The van der Waals surface area contributed by atoms with Crippen molar-refractivity contribution in [2.75, 3.05) is 0 Å². The minimum absolute atomic E-state index is 0.0353. The molecule has 0 spiro atoms. The standard InChI is InChI=1S/C13H14N4O2/c1-3-11-15-12(19-16-11)8(2)17-7-10-9(13(17)18)5-4-6-14-10/h4-6,8H,3,7H2,1-2H3/t8-/m1/s1. The smallest absolute Gasteiger partial charge is 0.256 e. The van der Waals surface area contributed by atoms with Crippen LogP contribution in [-0.2, 0) is 13.0 Å². The quantitative estimate of drug-likeness (QED) is 0.838. The average Bonchev–Trinajstić information content (AvgIpc) is 3.04. The molecule has 0 bridgehead atoms. The zero-order chi connectivity index (χ0) is 13.4. The van der Waals surface area contributed by atoms with E-state index in [1.165, 1.54) is 0 Å². The van der Waals surface area contributed by atoms with E-state index in [2.05, 4.69) is 15.1 Å². The number of rotatable bonds is 3. The Hall–Kier alpha value is -2.24. The molecule has 0 saturated carbocycles. The van der Waals surface area contributed by atoms with E-state index in [0.717, 1.165) is 5.69 Å². The largest absolute Gasteiger partial charge is 0.337 e. The molecule has 19 heavy (non-hydrogen) atoms. The summed E-state index contributed by atoms with van der Waals surface area (Å²) in [5.41, 5.74) is 1.46. The van der Waals surface area contributed by atoms with Crippen LogP contribution in [0.25, 0.3) is 0 Å². The van der Waals surface area contributed by atoms with Crippen LogP contribution in [0.5, 0.6) is 0 Å². The van der Waals surface area contributed by atoms with E-state index in [1.54, 1.807) is 23.2 Å². The van der Waals surface area contributed by atoms with Gasteiger partial charge in [-0.3, -0.25) is 9.78 Å². The molecule has 1 atom stereocenters. The van der Waals surface area contributed by atoms with Crippen LogP contribution < -0.4 is 0 Å². The number of nitrogens with zero attached hydrogens (tertiary/aromatic N) is 4.